The number of hydrogen-bond acceptors (Lipinski definition) is 3. The topological polar surface area (TPSA) is 54.5 Å². The van der Waals surface area contributed by atoms with E-state index in [9.17, 15) is 14.4 Å². The molecule has 0 N–H and O–H groups in total. The Hall–Kier alpha value is -1.97. The van der Waals surface area contributed by atoms with Crippen LogP contribution in [0.25, 0.3) is 0 Å². The Kier molecular flexibility index (Phi) is 3.75. The van der Waals surface area contributed by atoms with Crippen molar-refractivity contribution in [2.45, 2.75) is 33.6 Å². The van der Waals surface area contributed by atoms with Gasteiger partial charge in [0, 0.05) is 11.8 Å². The van der Waals surface area contributed by atoms with Crippen LogP contribution >= 0.6 is 0 Å². The Bertz CT molecular complexity index is 549. The molecule has 4 heteroatoms. The lowest BCUT2D eigenvalue weighted by Gasteiger charge is -2.26. The molecule has 20 heavy (non-hydrogen) atoms. The summed E-state index contributed by atoms with van der Waals surface area (Å²) in [5.74, 6) is -1.06. The molecule has 2 amide bonds. The first-order chi connectivity index (χ1) is 9.42. The van der Waals surface area contributed by atoms with E-state index in [0.717, 1.165) is 11.8 Å². The van der Waals surface area contributed by atoms with Crippen LogP contribution in [0.5, 0.6) is 0 Å². The first kappa shape index (κ1) is 14.4. The van der Waals surface area contributed by atoms with E-state index in [2.05, 4.69) is 0 Å². The van der Waals surface area contributed by atoms with Gasteiger partial charge < -0.3 is 4.79 Å². The van der Waals surface area contributed by atoms with Crippen LogP contribution in [-0.2, 0) is 14.4 Å². The number of nitrogens with zero attached hydrogens (tertiary/aromatic N) is 1. The third-order valence-electron chi connectivity index (χ3n) is 4.27. The summed E-state index contributed by atoms with van der Waals surface area (Å²) in [6.45, 7) is 5.55. The minimum Gasteiger partial charge on any atom is -0.303 e. The van der Waals surface area contributed by atoms with Crippen molar-refractivity contribution >= 4 is 23.8 Å². The molecule has 1 saturated heterocycles. The van der Waals surface area contributed by atoms with E-state index in [1.807, 2.05) is 26.0 Å². The smallest absolute Gasteiger partial charge is 0.238 e. The molecule has 106 valence electrons. The molecule has 0 spiro atoms. The number of rotatable bonds is 4. The SMILES string of the molecule is CCC(C)(C=O)[C@@H]1CC(=O)N(c2ccc(C)cc2)C1=O. The van der Waals surface area contributed by atoms with Gasteiger partial charge in [-0.1, -0.05) is 31.5 Å². The van der Waals surface area contributed by atoms with Crippen LogP contribution in [0.1, 0.15) is 32.3 Å². The molecule has 1 aromatic rings. The highest BCUT2D eigenvalue weighted by atomic mass is 16.2. The predicted molar refractivity (Wildman–Crippen MR) is 76.2 cm³/mol. The first-order valence-electron chi connectivity index (χ1n) is 6.82. The highest BCUT2D eigenvalue weighted by Crippen LogP contribution is 2.39. The third kappa shape index (κ3) is 2.26. The fourth-order valence-corrected chi connectivity index (χ4v) is 2.52. The van der Waals surface area contributed by atoms with Crippen molar-refractivity contribution in [3.05, 3.63) is 29.8 Å². The van der Waals surface area contributed by atoms with Crippen molar-refractivity contribution in [1.29, 1.82) is 0 Å². The van der Waals surface area contributed by atoms with Gasteiger partial charge in [0.05, 0.1) is 11.6 Å². The number of carbonyl (C=O) groups excluding carboxylic acids is 3. The first-order valence-corrected chi connectivity index (χ1v) is 6.82. The van der Waals surface area contributed by atoms with Crippen LogP contribution in [-0.4, -0.2) is 18.1 Å². The zero-order valence-electron chi connectivity index (χ0n) is 12.1. The highest BCUT2D eigenvalue weighted by molar-refractivity contribution is 6.21. The van der Waals surface area contributed by atoms with Crippen molar-refractivity contribution in [3.8, 4) is 0 Å². The summed E-state index contributed by atoms with van der Waals surface area (Å²) in [6, 6.07) is 7.25. The van der Waals surface area contributed by atoms with E-state index in [0.29, 0.717) is 12.1 Å². The lowest BCUT2D eigenvalue weighted by atomic mass is 9.75. The van der Waals surface area contributed by atoms with E-state index in [1.54, 1.807) is 19.1 Å². The number of anilines is 1. The molecule has 1 aromatic carbocycles. The summed E-state index contributed by atoms with van der Waals surface area (Å²) in [4.78, 5) is 37.2. The summed E-state index contributed by atoms with van der Waals surface area (Å²) in [5, 5.41) is 0. The van der Waals surface area contributed by atoms with Gasteiger partial charge in [-0.2, -0.15) is 0 Å². The maximum atomic E-state index is 12.5. The molecule has 1 fully saturated rings. The molecule has 1 aliphatic heterocycles. The molecule has 0 aliphatic carbocycles. The summed E-state index contributed by atoms with van der Waals surface area (Å²) >= 11 is 0. The van der Waals surface area contributed by atoms with E-state index in [1.165, 1.54) is 4.90 Å². The molecular weight excluding hydrogens is 254 g/mol. The number of aryl methyl sites for hydroxylation is 1. The Morgan fingerprint density at radius 1 is 1.30 bits per heavy atom. The molecule has 2 atom stereocenters. The molecule has 0 bridgehead atoms. The van der Waals surface area contributed by atoms with Crippen LogP contribution in [0, 0.1) is 18.3 Å². The molecule has 1 aliphatic rings. The van der Waals surface area contributed by atoms with E-state index in [4.69, 9.17) is 0 Å². The molecule has 4 nitrogen and oxygen atoms in total. The second kappa shape index (κ2) is 5.19. The molecule has 0 radical (unpaired) electrons. The number of imide groups is 1. The van der Waals surface area contributed by atoms with Crippen LogP contribution in [0.2, 0.25) is 0 Å². The van der Waals surface area contributed by atoms with Crippen molar-refractivity contribution in [2.24, 2.45) is 11.3 Å². The Morgan fingerprint density at radius 2 is 1.90 bits per heavy atom. The van der Waals surface area contributed by atoms with Gasteiger partial charge >= 0.3 is 0 Å². The maximum Gasteiger partial charge on any atom is 0.238 e. The van der Waals surface area contributed by atoms with Gasteiger partial charge in [0.2, 0.25) is 11.8 Å². The average molecular weight is 273 g/mol. The van der Waals surface area contributed by atoms with Crippen molar-refractivity contribution in [1.82, 2.24) is 0 Å². The monoisotopic (exact) mass is 273 g/mol. The molecule has 1 unspecified atom stereocenters. The quantitative estimate of drug-likeness (QED) is 0.625. The maximum absolute atomic E-state index is 12.5. The largest absolute Gasteiger partial charge is 0.303 e. The van der Waals surface area contributed by atoms with Crippen molar-refractivity contribution < 1.29 is 14.4 Å². The minimum atomic E-state index is -0.772. The van der Waals surface area contributed by atoms with Gasteiger partial charge in [-0.05, 0) is 25.5 Å². The fraction of sp³-hybridized carbons (Fsp3) is 0.438. The van der Waals surface area contributed by atoms with Crippen LogP contribution in [0.3, 0.4) is 0 Å². The molecule has 2 rings (SSSR count). The zero-order chi connectivity index (χ0) is 14.9. The number of aldehydes is 1. The Balaban J connectivity index is 2.34. The normalized spacial score (nSPS) is 21.9. The van der Waals surface area contributed by atoms with Gasteiger partial charge in [0.1, 0.15) is 6.29 Å². The number of benzene rings is 1. The van der Waals surface area contributed by atoms with Gasteiger partial charge in [0.15, 0.2) is 0 Å². The number of hydrogen-bond donors (Lipinski definition) is 0. The standard InChI is InChI=1S/C16H19NO3/c1-4-16(3,10-18)13-9-14(19)17(15(13)20)12-7-5-11(2)6-8-12/h5-8,10,13H,4,9H2,1-3H3/t13-,16?/m1/s1. The van der Waals surface area contributed by atoms with Crippen LogP contribution < -0.4 is 4.90 Å². The van der Waals surface area contributed by atoms with Crippen molar-refractivity contribution in [3.63, 3.8) is 0 Å². The Morgan fingerprint density at radius 3 is 2.40 bits per heavy atom. The summed E-state index contributed by atoms with van der Waals surface area (Å²) in [7, 11) is 0. The molecule has 1 heterocycles. The van der Waals surface area contributed by atoms with Gasteiger partial charge in [-0.15, -0.1) is 0 Å². The molecule has 0 aromatic heterocycles. The fourth-order valence-electron chi connectivity index (χ4n) is 2.52. The van der Waals surface area contributed by atoms with Gasteiger partial charge in [0.25, 0.3) is 0 Å². The van der Waals surface area contributed by atoms with Crippen LogP contribution in [0.15, 0.2) is 24.3 Å². The van der Waals surface area contributed by atoms with Gasteiger partial charge in [-0.25, -0.2) is 0 Å². The molecular formula is C16H19NO3. The molecule has 0 saturated carbocycles. The van der Waals surface area contributed by atoms with E-state index >= 15 is 0 Å². The van der Waals surface area contributed by atoms with E-state index < -0.39 is 11.3 Å². The lowest BCUT2D eigenvalue weighted by molar-refractivity contribution is -0.130. The zero-order valence-corrected chi connectivity index (χ0v) is 12.1. The van der Waals surface area contributed by atoms with Gasteiger partial charge in [-0.3, -0.25) is 14.5 Å². The summed E-state index contributed by atoms with van der Waals surface area (Å²) < 4.78 is 0. The lowest BCUT2D eigenvalue weighted by Crippen LogP contribution is -2.37. The number of amides is 2. The Labute approximate surface area is 118 Å². The van der Waals surface area contributed by atoms with E-state index in [-0.39, 0.29) is 18.2 Å². The second-order valence-corrected chi connectivity index (χ2v) is 5.64. The minimum absolute atomic E-state index is 0.107. The number of carbonyl (C=O) groups is 3. The highest BCUT2D eigenvalue weighted by Gasteiger charge is 2.48. The summed E-state index contributed by atoms with van der Waals surface area (Å²) in [5.41, 5.74) is 0.875. The van der Waals surface area contributed by atoms with Crippen LogP contribution in [0.4, 0.5) is 5.69 Å². The third-order valence-corrected chi connectivity index (χ3v) is 4.27. The average Bonchev–Trinajstić information content (AvgIpc) is 2.75. The second-order valence-electron chi connectivity index (χ2n) is 5.64. The predicted octanol–water partition coefficient (Wildman–Crippen LogP) is 2.49. The summed E-state index contributed by atoms with van der Waals surface area (Å²) in [6.07, 6.45) is 1.46. The van der Waals surface area contributed by atoms with Crippen molar-refractivity contribution in [2.75, 3.05) is 4.90 Å².